The van der Waals surface area contributed by atoms with Crippen LogP contribution in [0.15, 0.2) is 41.3 Å². The number of carbonyl (C=O) groups excluding carboxylic acids is 1. The van der Waals surface area contributed by atoms with E-state index in [9.17, 15) is 13.2 Å². The SMILES string of the molecule is Cc1cc2c(cc1C)S(=O)(=O)Cc1cc(C(=O)NCc3ccc4c(c3)OCO4)sc1-2. The third-order valence-corrected chi connectivity index (χ3v) is 8.35. The van der Waals surface area contributed by atoms with Crippen molar-refractivity contribution < 1.29 is 22.7 Å². The number of rotatable bonds is 3. The second-order valence-electron chi connectivity index (χ2n) is 7.53. The predicted octanol–water partition coefficient (Wildman–Crippen LogP) is 3.98. The van der Waals surface area contributed by atoms with Gasteiger partial charge < -0.3 is 14.8 Å². The molecule has 1 aromatic heterocycles. The molecule has 0 unspecified atom stereocenters. The fraction of sp³-hybridized carbons (Fsp3) is 0.227. The number of ether oxygens (including phenoxy) is 2. The van der Waals surface area contributed by atoms with E-state index in [1.54, 1.807) is 12.1 Å². The van der Waals surface area contributed by atoms with Crippen molar-refractivity contribution in [3.63, 3.8) is 0 Å². The minimum atomic E-state index is -3.42. The molecular formula is C22H19NO5S2. The van der Waals surface area contributed by atoms with Crippen molar-refractivity contribution in [2.75, 3.05) is 6.79 Å². The molecule has 0 aliphatic carbocycles. The fourth-order valence-corrected chi connectivity index (χ4v) is 6.63. The summed E-state index contributed by atoms with van der Waals surface area (Å²) in [4.78, 5) is 14.5. The minimum Gasteiger partial charge on any atom is -0.454 e. The first kappa shape index (κ1) is 19.1. The Kier molecular flexibility index (Phi) is 4.37. The molecule has 8 heteroatoms. The van der Waals surface area contributed by atoms with Crippen LogP contribution in [0.2, 0.25) is 0 Å². The van der Waals surface area contributed by atoms with Crippen LogP contribution >= 0.6 is 11.3 Å². The Morgan fingerprint density at radius 2 is 1.83 bits per heavy atom. The number of fused-ring (bicyclic) bond motifs is 4. The summed E-state index contributed by atoms with van der Waals surface area (Å²) in [6.07, 6.45) is 0. The van der Waals surface area contributed by atoms with E-state index in [1.807, 2.05) is 38.1 Å². The highest BCUT2D eigenvalue weighted by Gasteiger charge is 2.31. The zero-order chi connectivity index (χ0) is 21.0. The number of hydrogen-bond acceptors (Lipinski definition) is 6. The largest absolute Gasteiger partial charge is 0.454 e. The highest BCUT2D eigenvalue weighted by atomic mass is 32.2. The summed E-state index contributed by atoms with van der Waals surface area (Å²) in [7, 11) is -3.42. The maximum Gasteiger partial charge on any atom is 0.261 e. The first-order chi connectivity index (χ1) is 14.3. The van der Waals surface area contributed by atoms with Gasteiger partial charge >= 0.3 is 0 Å². The molecular weight excluding hydrogens is 422 g/mol. The summed E-state index contributed by atoms with van der Waals surface area (Å²) in [5.74, 6) is 1.06. The van der Waals surface area contributed by atoms with Gasteiger partial charge in [0, 0.05) is 17.0 Å². The highest BCUT2D eigenvalue weighted by molar-refractivity contribution is 7.91. The molecule has 3 heterocycles. The second kappa shape index (κ2) is 6.85. The van der Waals surface area contributed by atoms with Gasteiger partial charge in [-0.3, -0.25) is 4.79 Å². The summed E-state index contributed by atoms with van der Waals surface area (Å²) < 4.78 is 36.2. The van der Waals surface area contributed by atoms with E-state index >= 15 is 0 Å². The minimum absolute atomic E-state index is 0.0796. The number of benzene rings is 2. The average molecular weight is 442 g/mol. The molecule has 0 spiro atoms. The van der Waals surface area contributed by atoms with Crippen molar-refractivity contribution in [2.24, 2.45) is 0 Å². The Labute approximate surface area is 178 Å². The average Bonchev–Trinajstić information content (AvgIpc) is 3.33. The molecule has 0 saturated heterocycles. The van der Waals surface area contributed by atoms with Gasteiger partial charge in [-0.2, -0.15) is 0 Å². The van der Waals surface area contributed by atoms with Crippen molar-refractivity contribution >= 4 is 27.1 Å². The maximum atomic E-state index is 12.8. The Hall–Kier alpha value is -2.84. The number of hydrogen-bond donors (Lipinski definition) is 1. The van der Waals surface area contributed by atoms with E-state index in [-0.39, 0.29) is 18.5 Å². The van der Waals surface area contributed by atoms with Crippen LogP contribution in [-0.4, -0.2) is 21.1 Å². The van der Waals surface area contributed by atoms with E-state index in [0.717, 1.165) is 21.6 Å². The monoisotopic (exact) mass is 441 g/mol. The number of aryl methyl sites for hydroxylation is 2. The first-order valence-corrected chi connectivity index (χ1v) is 11.9. The van der Waals surface area contributed by atoms with Gasteiger partial charge in [0.15, 0.2) is 21.3 Å². The van der Waals surface area contributed by atoms with Crippen LogP contribution in [0.3, 0.4) is 0 Å². The molecule has 0 fully saturated rings. The molecule has 6 nitrogen and oxygen atoms in total. The van der Waals surface area contributed by atoms with Gasteiger partial charge in [-0.15, -0.1) is 11.3 Å². The van der Waals surface area contributed by atoms with Crippen molar-refractivity contribution in [3.05, 3.63) is 63.5 Å². The number of amides is 1. The highest BCUT2D eigenvalue weighted by Crippen LogP contribution is 2.43. The molecule has 2 aromatic carbocycles. The van der Waals surface area contributed by atoms with Crippen LogP contribution in [0, 0.1) is 13.8 Å². The van der Waals surface area contributed by atoms with E-state index in [1.165, 1.54) is 11.3 Å². The predicted molar refractivity (Wildman–Crippen MR) is 114 cm³/mol. The Morgan fingerprint density at radius 1 is 1.07 bits per heavy atom. The smallest absolute Gasteiger partial charge is 0.261 e. The topological polar surface area (TPSA) is 81.7 Å². The van der Waals surface area contributed by atoms with E-state index < -0.39 is 9.84 Å². The van der Waals surface area contributed by atoms with Crippen LogP contribution in [0.5, 0.6) is 11.5 Å². The third-order valence-electron chi connectivity index (χ3n) is 5.44. The van der Waals surface area contributed by atoms with Crippen LogP contribution in [0.25, 0.3) is 10.4 Å². The number of thiophene rings is 1. The van der Waals surface area contributed by atoms with Gasteiger partial charge in [-0.25, -0.2) is 8.42 Å². The summed E-state index contributed by atoms with van der Waals surface area (Å²) in [6.45, 7) is 4.41. The lowest BCUT2D eigenvalue weighted by Gasteiger charge is -2.18. The van der Waals surface area contributed by atoms with E-state index in [0.29, 0.717) is 38.9 Å². The third kappa shape index (κ3) is 3.16. The normalized spacial score (nSPS) is 15.4. The van der Waals surface area contributed by atoms with Crippen LogP contribution < -0.4 is 14.8 Å². The van der Waals surface area contributed by atoms with Gasteiger partial charge in [0.05, 0.1) is 15.5 Å². The molecule has 2 aliphatic rings. The summed E-state index contributed by atoms with van der Waals surface area (Å²) in [5, 5.41) is 2.91. The zero-order valence-electron chi connectivity index (χ0n) is 16.4. The lowest BCUT2D eigenvalue weighted by atomic mass is 10.0. The van der Waals surface area contributed by atoms with Crippen LogP contribution in [-0.2, 0) is 22.1 Å². The lowest BCUT2D eigenvalue weighted by Crippen LogP contribution is -2.21. The molecule has 3 aromatic rings. The Bertz CT molecular complexity index is 1310. The Morgan fingerprint density at radius 3 is 2.67 bits per heavy atom. The van der Waals surface area contributed by atoms with Gasteiger partial charge in [0.25, 0.3) is 5.91 Å². The molecule has 2 aliphatic heterocycles. The summed E-state index contributed by atoms with van der Waals surface area (Å²) >= 11 is 1.34. The van der Waals surface area contributed by atoms with Crippen LogP contribution in [0.1, 0.15) is 31.9 Å². The number of carbonyl (C=O) groups is 1. The second-order valence-corrected chi connectivity index (χ2v) is 10.5. The molecule has 1 amide bonds. The summed E-state index contributed by atoms with van der Waals surface area (Å²) in [6, 6.07) is 10.9. The van der Waals surface area contributed by atoms with Gasteiger partial charge in [-0.05, 0) is 66.4 Å². The number of nitrogens with one attached hydrogen (secondary N) is 1. The zero-order valence-corrected chi connectivity index (χ0v) is 18.1. The molecule has 0 radical (unpaired) electrons. The summed E-state index contributed by atoms with van der Waals surface area (Å²) in [5.41, 5.74) is 4.24. The number of sulfone groups is 1. The molecule has 5 rings (SSSR count). The van der Waals surface area contributed by atoms with Crippen molar-refractivity contribution in [2.45, 2.75) is 31.0 Å². The van der Waals surface area contributed by atoms with E-state index in [2.05, 4.69) is 5.32 Å². The standard InChI is InChI=1S/C22H19NO5S2/c1-12-5-16-20(6-13(12)2)30(25,26)10-15-8-19(29-21(15)16)22(24)23-9-14-3-4-17-18(7-14)28-11-27-17/h3-8H,9-11H2,1-2H3,(H,23,24). The van der Waals surface area contributed by atoms with Gasteiger partial charge in [0.1, 0.15) is 0 Å². The first-order valence-electron chi connectivity index (χ1n) is 9.45. The molecule has 30 heavy (non-hydrogen) atoms. The maximum absolute atomic E-state index is 12.8. The quantitative estimate of drug-likeness (QED) is 0.665. The lowest BCUT2D eigenvalue weighted by molar-refractivity contribution is 0.0955. The molecule has 154 valence electrons. The van der Waals surface area contributed by atoms with Crippen molar-refractivity contribution in [1.82, 2.24) is 5.32 Å². The van der Waals surface area contributed by atoms with Gasteiger partial charge in [-0.1, -0.05) is 6.07 Å². The Balaban J connectivity index is 1.42. The molecule has 0 bridgehead atoms. The fourth-order valence-electron chi connectivity index (χ4n) is 3.70. The van der Waals surface area contributed by atoms with Crippen molar-refractivity contribution in [1.29, 1.82) is 0 Å². The van der Waals surface area contributed by atoms with Crippen LogP contribution in [0.4, 0.5) is 0 Å². The molecule has 1 N–H and O–H groups in total. The molecule has 0 saturated carbocycles. The van der Waals surface area contributed by atoms with Gasteiger partial charge in [0.2, 0.25) is 6.79 Å². The van der Waals surface area contributed by atoms with Crippen molar-refractivity contribution in [3.8, 4) is 21.9 Å². The van der Waals surface area contributed by atoms with E-state index in [4.69, 9.17) is 9.47 Å². The molecule has 0 atom stereocenters.